The molecule has 1 aliphatic carbocycles. The van der Waals surface area contributed by atoms with E-state index in [9.17, 15) is 0 Å². The van der Waals surface area contributed by atoms with Crippen molar-refractivity contribution in [2.24, 2.45) is 5.73 Å². The molecule has 0 bridgehead atoms. The Labute approximate surface area is 105 Å². The molecule has 0 atom stereocenters. The molecule has 17 heavy (non-hydrogen) atoms. The molecule has 1 saturated carbocycles. The van der Waals surface area contributed by atoms with Crippen molar-refractivity contribution < 1.29 is 0 Å². The zero-order valence-corrected chi connectivity index (χ0v) is 10.9. The molecule has 0 aliphatic heterocycles. The van der Waals surface area contributed by atoms with Crippen LogP contribution in [0, 0.1) is 0 Å². The highest BCUT2D eigenvalue weighted by molar-refractivity contribution is 5.45. The Bertz CT molecular complexity index is 328. The van der Waals surface area contributed by atoms with E-state index in [0.717, 1.165) is 19.5 Å². The maximum atomic E-state index is 6.41. The van der Waals surface area contributed by atoms with Crippen molar-refractivity contribution >= 4 is 5.69 Å². The van der Waals surface area contributed by atoms with E-state index >= 15 is 0 Å². The van der Waals surface area contributed by atoms with E-state index in [1.165, 1.54) is 31.4 Å². The molecule has 1 aromatic carbocycles. The summed E-state index contributed by atoms with van der Waals surface area (Å²) in [7, 11) is 0. The van der Waals surface area contributed by atoms with Crippen molar-refractivity contribution in [3.8, 4) is 0 Å². The third-order valence-electron chi connectivity index (χ3n) is 3.98. The minimum atomic E-state index is 0.113. The van der Waals surface area contributed by atoms with Gasteiger partial charge in [0.15, 0.2) is 0 Å². The molecule has 0 saturated heterocycles. The lowest BCUT2D eigenvalue weighted by molar-refractivity contribution is 0.406. The second-order valence-corrected chi connectivity index (χ2v) is 5.23. The van der Waals surface area contributed by atoms with Gasteiger partial charge in [-0.3, -0.25) is 0 Å². The summed E-state index contributed by atoms with van der Waals surface area (Å²) in [6.07, 6.45) is 6.16. The molecule has 1 aliphatic rings. The molecule has 0 amide bonds. The van der Waals surface area contributed by atoms with Gasteiger partial charge in [0.2, 0.25) is 0 Å². The van der Waals surface area contributed by atoms with Gasteiger partial charge in [-0.25, -0.2) is 0 Å². The molecule has 2 heteroatoms. The molecule has 2 N–H and O–H groups in total. The first kappa shape index (κ1) is 12.4. The minimum absolute atomic E-state index is 0.113. The van der Waals surface area contributed by atoms with Crippen molar-refractivity contribution in [2.45, 2.75) is 44.6 Å². The van der Waals surface area contributed by atoms with E-state index in [4.69, 9.17) is 5.73 Å². The quantitative estimate of drug-likeness (QED) is 0.845. The highest BCUT2D eigenvalue weighted by atomic mass is 15.1. The number of benzene rings is 1. The first-order valence-electron chi connectivity index (χ1n) is 6.82. The molecule has 0 unspecified atom stereocenters. The van der Waals surface area contributed by atoms with Crippen LogP contribution in [0.1, 0.15) is 39.0 Å². The molecule has 2 rings (SSSR count). The Kier molecular flexibility index (Phi) is 4.06. The first-order valence-corrected chi connectivity index (χ1v) is 6.82. The first-order chi connectivity index (χ1) is 8.23. The van der Waals surface area contributed by atoms with E-state index in [2.05, 4.69) is 42.2 Å². The predicted octanol–water partition coefficient (Wildman–Crippen LogP) is 3.17. The molecule has 0 radical (unpaired) electrons. The third kappa shape index (κ3) is 3.22. The number of para-hydroxylation sites is 1. The van der Waals surface area contributed by atoms with Crippen molar-refractivity contribution in [3.63, 3.8) is 0 Å². The topological polar surface area (TPSA) is 29.3 Å². The van der Waals surface area contributed by atoms with Crippen molar-refractivity contribution in [3.05, 3.63) is 30.3 Å². The minimum Gasteiger partial charge on any atom is -0.372 e. The van der Waals surface area contributed by atoms with Crippen molar-refractivity contribution in [1.82, 2.24) is 0 Å². The highest BCUT2D eigenvalue weighted by Gasteiger charge is 2.29. The molecular formula is C15H24N2. The predicted molar refractivity (Wildman–Crippen MR) is 74.3 cm³/mol. The lowest BCUT2D eigenvalue weighted by Gasteiger charge is -2.29. The molecule has 1 fully saturated rings. The number of anilines is 1. The Hall–Kier alpha value is -1.02. The van der Waals surface area contributed by atoms with Crippen LogP contribution >= 0.6 is 0 Å². The molecular weight excluding hydrogens is 208 g/mol. The standard InChI is InChI=1S/C15H24N2/c1-2-17(14-8-4-3-5-9-14)13-12-15(16)10-6-7-11-15/h3-5,8-9H,2,6-7,10-13,16H2,1H3. The fourth-order valence-electron chi connectivity index (χ4n) is 2.80. The van der Waals surface area contributed by atoms with E-state index < -0.39 is 0 Å². The molecule has 2 nitrogen and oxygen atoms in total. The zero-order chi connectivity index (χ0) is 12.1. The zero-order valence-electron chi connectivity index (χ0n) is 10.9. The normalized spacial score (nSPS) is 18.2. The highest BCUT2D eigenvalue weighted by Crippen LogP contribution is 2.30. The van der Waals surface area contributed by atoms with Gasteiger partial charge < -0.3 is 10.6 Å². The summed E-state index contributed by atoms with van der Waals surface area (Å²) >= 11 is 0. The number of hydrogen-bond acceptors (Lipinski definition) is 2. The Morgan fingerprint density at radius 1 is 1.18 bits per heavy atom. The largest absolute Gasteiger partial charge is 0.372 e. The third-order valence-corrected chi connectivity index (χ3v) is 3.98. The Morgan fingerprint density at radius 3 is 2.41 bits per heavy atom. The van der Waals surface area contributed by atoms with Gasteiger partial charge in [-0.1, -0.05) is 31.0 Å². The summed E-state index contributed by atoms with van der Waals surface area (Å²) in [6.45, 7) is 4.35. The van der Waals surface area contributed by atoms with Crippen LogP contribution in [0.4, 0.5) is 5.69 Å². The van der Waals surface area contributed by atoms with Gasteiger partial charge in [-0.05, 0) is 38.3 Å². The van der Waals surface area contributed by atoms with Gasteiger partial charge in [-0.15, -0.1) is 0 Å². The van der Waals surface area contributed by atoms with Crippen LogP contribution in [0.5, 0.6) is 0 Å². The lowest BCUT2D eigenvalue weighted by Crippen LogP contribution is -2.40. The van der Waals surface area contributed by atoms with Crippen LogP contribution in [0.3, 0.4) is 0 Å². The fraction of sp³-hybridized carbons (Fsp3) is 0.600. The van der Waals surface area contributed by atoms with Crippen LogP contribution in [0.15, 0.2) is 30.3 Å². The van der Waals surface area contributed by atoms with Crippen LogP contribution in [-0.4, -0.2) is 18.6 Å². The van der Waals surface area contributed by atoms with E-state index in [0.29, 0.717) is 0 Å². The molecule has 0 aromatic heterocycles. The van der Waals surface area contributed by atoms with Gasteiger partial charge >= 0.3 is 0 Å². The molecule has 0 heterocycles. The van der Waals surface area contributed by atoms with Crippen LogP contribution in [0.2, 0.25) is 0 Å². The lowest BCUT2D eigenvalue weighted by atomic mass is 9.94. The summed E-state index contributed by atoms with van der Waals surface area (Å²) in [5.41, 5.74) is 7.84. The summed E-state index contributed by atoms with van der Waals surface area (Å²) in [5.74, 6) is 0. The van der Waals surface area contributed by atoms with Crippen LogP contribution in [0.25, 0.3) is 0 Å². The Morgan fingerprint density at radius 2 is 1.82 bits per heavy atom. The number of nitrogens with zero attached hydrogens (tertiary/aromatic N) is 1. The average molecular weight is 232 g/mol. The summed E-state index contributed by atoms with van der Waals surface area (Å²) in [4.78, 5) is 2.42. The van der Waals surface area contributed by atoms with Gasteiger partial charge in [0.1, 0.15) is 0 Å². The van der Waals surface area contributed by atoms with Crippen LogP contribution < -0.4 is 10.6 Å². The van der Waals surface area contributed by atoms with Crippen LogP contribution in [-0.2, 0) is 0 Å². The maximum absolute atomic E-state index is 6.41. The summed E-state index contributed by atoms with van der Waals surface area (Å²) in [6, 6.07) is 10.6. The van der Waals surface area contributed by atoms with E-state index in [-0.39, 0.29) is 5.54 Å². The second kappa shape index (κ2) is 5.54. The van der Waals surface area contributed by atoms with Gasteiger partial charge in [0, 0.05) is 24.3 Å². The SMILES string of the molecule is CCN(CCC1(N)CCCC1)c1ccccc1. The number of rotatable bonds is 5. The Balaban J connectivity index is 1.92. The van der Waals surface area contributed by atoms with Gasteiger partial charge in [0.05, 0.1) is 0 Å². The monoisotopic (exact) mass is 232 g/mol. The fourth-order valence-corrected chi connectivity index (χ4v) is 2.80. The smallest absolute Gasteiger partial charge is 0.0366 e. The van der Waals surface area contributed by atoms with Crippen molar-refractivity contribution in [2.75, 3.05) is 18.0 Å². The van der Waals surface area contributed by atoms with Gasteiger partial charge in [-0.2, -0.15) is 0 Å². The summed E-state index contributed by atoms with van der Waals surface area (Å²) in [5, 5.41) is 0. The van der Waals surface area contributed by atoms with E-state index in [1.807, 2.05) is 0 Å². The molecule has 94 valence electrons. The molecule has 0 spiro atoms. The van der Waals surface area contributed by atoms with Gasteiger partial charge in [0.25, 0.3) is 0 Å². The second-order valence-electron chi connectivity index (χ2n) is 5.23. The molecule has 1 aromatic rings. The number of hydrogen-bond donors (Lipinski definition) is 1. The van der Waals surface area contributed by atoms with E-state index in [1.54, 1.807) is 0 Å². The van der Waals surface area contributed by atoms with Crippen molar-refractivity contribution in [1.29, 1.82) is 0 Å². The summed E-state index contributed by atoms with van der Waals surface area (Å²) < 4.78 is 0. The number of nitrogens with two attached hydrogens (primary N) is 1. The maximum Gasteiger partial charge on any atom is 0.0366 e. The average Bonchev–Trinajstić information content (AvgIpc) is 2.79.